The Bertz CT molecular complexity index is 581. The second kappa shape index (κ2) is 6.39. The molecule has 1 aliphatic carbocycles. The molecule has 2 N–H and O–H groups in total. The lowest BCUT2D eigenvalue weighted by molar-refractivity contribution is 0.216. The van der Waals surface area contributed by atoms with Crippen LogP contribution in [0.25, 0.3) is 0 Å². The molecule has 1 aliphatic rings. The molecule has 21 heavy (non-hydrogen) atoms. The first kappa shape index (κ1) is 13.6. The first-order valence-electron chi connectivity index (χ1n) is 7.36. The van der Waals surface area contributed by atoms with Gasteiger partial charge in [-0.2, -0.15) is 0 Å². The van der Waals surface area contributed by atoms with Gasteiger partial charge in [0.05, 0.1) is 6.04 Å². The molecule has 0 unspecified atom stereocenters. The van der Waals surface area contributed by atoms with Gasteiger partial charge in [-0.1, -0.05) is 42.8 Å². The number of hydrogen-bond acceptors (Lipinski definition) is 2. The highest BCUT2D eigenvalue weighted by Crippen LogP contribution is 2.37. The number of hydrogen-bond donors (Lipinski definition) is 2. The van der Waals surface area contributed by atoms with Crippen molar-refractivity contribution in [2.45, 2.75) is 25.3 Å². The van der Waals surface area contributed by atoms with E-state index in [0.29, 0.717) is 11.7 Å². The van der Waals surface area contributed by atoms with E-state index in [1.165, 1.54) is 24.8 Å². The summed E-state index contributed by atoms with van der Waals surface area (Å²) in [6.45, 7) is 0. The van der Waals surface area contributed by atoms with Crippen LogP contribution in [0.4, 0.5) is 10.6 Å². The van der Waals surface area contributed by atoms with Gasteiger partial charge >= 0.3 is 6.03 Å². The first-order chi connectivity index (χ1) is 10.3. The fraction of sp³-hybridized carbons (Fsp3) is 0.294. The molecule has 1 atom stereocenters. The van der Waals surface area contributed by atoms with Gasteiger partial charge in [0, 0.05) is 6.20 Å². The fourth-order valence-corrected chi connectivity index (χ4v) is 2.64. The predicted molar refractivity (Wildman–Crippen MR) is 82.9 cm³/mol. The van der Waals surface area contributed by atoms with Gasteiger partial charge in [-0.05, 0) is 36.5 Å². The number of anilines is 1. The summed E-state index contributed by atoms with van der Waals surface area (Å²) in [5.74, 6) is 1.09. The smallest absolute Gasteiger partial charge is 0.320 e. The zero-order valence-electron chi connectivity index (χ0n) is 11.8. The highest BCUT2D eigenvalue weighted by atomic mass is 16.2. The van der Waals surface area contributed by atoms with Crippen LogP contribution < -0.4 is 10.6 Å². The molecule has 1 heterocycles. The van der Waals surface area contributed by atoms with Crippen molar-refractivity contribution < 1.29 is 4.79 Å². The van der Waals surface area contributed by atoms with E-state index < -0.39 is 0 Å². The van der Waals surface area contributed by atoms with Crippen LogP contribution >= 0.6 is 0 Å². The monoisotopic (exact) mass is 281 g/mol. The molecule has 0 saturated heterocycles. The van der Waals surface area contributed by atoms with Crippen LogP contribution in [0.2, 0.25) is 0 Å². The number of rotatable bonds is 4. The van der Waals surface area contributed by atoms with Crippen LogP contribution in [0, 0.1) is 5.92 Å². The Hall–Kier alpha value is -2.36. The summed E-state index contributed by atoms with van der Waals surface area (Å²) in [6.07, 6.45) is 5.25. The van der Waals surface area contributed by atoms with E-state index in [1.807, 2.05) is 30.3 Å². The molecule has 1 aromatic carbocycles. The normalized spacial score (nSPS) is 15.8. The van der Waals surface area contributed by atoms with Crippen LogP contribution in [0.5, 0.6) is 0 Å². The Morgan fingerprint density at radius 2 is 1.86 bits per heavy atom. The van der Waals surface area contributed by atoms with Crippen molar-refractivity contribution >= 4 is 11.8 Å². The third kappa shape index (κ3) is 3.40. The van der Waals surface area contributed by atoms with Crippen LogP contribution in [-0.4, -0.2) is 11.0 Å². The lowest BCUT2D eigenvalue weighted by Gasteiger charge is -2.34. The van der Waals surface area contributed by atoms with Crippen LogP contribution in [0.1, 0.15) is 30.9 Å². The minimum Gasteiger partial charge on any atom is -0.331 e. The van der Waals surface area contributed by atoms with E-state index in [1.54, 1.807) is 12.3 Å². The summed E-state index contributed by atoms with van der Waals surface area (Å²) < 4.78 is 0. The molecule has 3 rings (SSSR count). The van der Waals surface area contributed by atoms with E-state index in [0.717, 1.165) is 0 Å². The van der Waals surface area contributed by atoms with E-state index in [2.05, 4.69) is 27.8 Å². The Labute approximate surface area is 124 Å². The van der Waals surface area contributed by atoms with Gasteiger partial charge in [0.2, 0.25) is 0 Å². The third-order valence-electron chi connectivity index (χ3n) is 3.97. The molecule has 4 heteroatoms. The summed E-state index contributed by atoms with van der Waals surface area (Å²) in [6, 6.07) is 15.5. The topological polar surface area (TPSA) is 54.0 Å². The van der Waals surface area contributed by atoms with Crippen molar-refractivity contribution in [2.75, 3.05) is 5.32 Å². The largest absolute Gasteiger partial charge is 0.331 e. The summed E-state index contributed by atoms with van der Waals surface area (Å²) in [7, 11) is 0. The highest BCUT2D eigenvalue weighted by molar-refractivity contribution is 5.88. The van der Waals surface area contributed by atoms with Gasteiger partial charge < -0.3 is 5.32 Å². The van der Waals surface area contributed by atoms with Crippen LogP contribution in [0.3, 0.4) is 0 Å². The van der Waals surface area contributed by atoms with Crippen LogP contribution in [0.15, 0.2) is 54.7 Å². The average molecular weight is 281 g/mol. The number of aromatic nitrogens is 1. The minimum absolute atomic E-state index is 0.0728. The number of amides is 2. The van der Waals surface area contributed by atoms with Gasteiger partial charge in [-0.3, -0.25) is 5.32 Å². The second-order valence-corrected chi connectivity index (χ2v) is 5.39. The molecule has 1 aromatic heterocycles. The SMILES string of the molecule is O=C(Nc1ccccn1)N[C@H](c1ccccc1)C1CCC1. The zero-order valence-corrected chi connectivity index (χ0v) is 11.8. The van der Waals surface area contributed by atoms with Gasteiger partial charge in [-0.25, -0.2) is 9.78 Å². The van der Waals surface area contributed by atoms with Crippen molar-refractivity contribution in [1.82, 2.24) is 10.3 Å². The van der Waals surface area contributed by atoms with E-state index in [4.69, 9.17) is 0 Å². The van der Waals surface area contributed by atoms with Gasteiger partial charge in [0.1, 0.15) is 5.82 Å². The van der Waals surface area contributed by atoms with E-state index in [-0.39, 0.29) is 12.1 Å². The summed E-state index contributed by atoms with van der Waals surface area (Å²) in [5, 5.41) is 5.88. The second-order valence-electron chi connectivity index (χ2n) is 5.39. The molecule has 2 amide bonds. The van der Waals surface area contributed by atoms with E-state index >= 15 is 0 Å². The molecule has 108 valence electrons. The molecule has 1 saturated carbocycles. The molecule has 2 aromatic rings. The number of urea groups is 1. The quantitative estimate of drug-likeness (QED) is 0.897. The molecule has 1 fully saturated rings. The Kier molecular flexibility index (Phi) is 4.15. The average Bonchev–Trinajstić information content (AvgIpc) is 2.47. The van der Waals surface area contributed by atoms with Gasteiger partial charge in [-0.15, -0.1) is 0 Å². The third-order valence-corrected chi connectivity index (χ3v) is 3.97. The number of pyridine rings is 1. The lowest BCUT2D eigenvalue weighted by atomic mass is 9.77. The number of nitrogens with zero attached hydrogens (tertiary/aromatic N) is 1. The maximum absolute atomic E-state index is 12.2. The zero-order chi connectivity index (χ0) is 14.5. The highest BCUT2D eigenvalue weighted by Gasteiger charge is 2.29. The summed E-state index contributed by atoms with van der Waals surface area (Å²) in [5.41, 5.74) is 1.17. The first-order valence-corrected chi connectivity index (χ1v) is 7.36. The Morgan fingerprint density at radius 3 is 2.48 bits per heavy atom. The maximum Gasteiger partial charge on any atom is 0.320 e. The molecule has 0 radical (unpaired) electrons. The Morgan fingerprint density at radius 1 is 1.10 bits per heavy atom. The van der Waals surface area contributed by atoms with E-state index in [9.17, 15) is 4.79 Å². The van der Waals surface area contributed by atoms with Crippen molar-refractivity contribution in [3.05, 3.63) is 60.3 Å². The van der Waals surface area contributed by atoms with Crippen molar-refractivity contribution in [3.8, 4) is 0 Å². The number of carbonyl (C=O) groups is 1. The predicted octanol–water partition coefficient (Wildman–Crippen LogP) is 3.74. The van der Waals surface area contributed by atoms with Crippen molar-refractivity contribution in [2.24, 2.45) is 5.92 Å². The number of nitrogens with one attached hydrogen (secondary N) is 2. The van der Waals surface area contributed by atoms with Crippen molar-refractivity contribution in [3.63, 3.8) is 0 Å². The molecular formula is C17H19N3O. The standard InChI is InChI=1S/C17H19N3O/c21-17(19-15-11-4-5-12-18-15)20-16(14-9-6-10-14)13-7-2-1-3-8-13/h1-5,7-8,11-12,14,16H,6,9-10H2,(H2,18,19,20,21)/t16-/m1/s1. The fourth-order valence-electron chi connectivity index (χ4n) is 2.64. The molecule has 0 aliphatic heterocycles. The minimum atomic E-state index is -0.200. The number of benzene rings is 1. The molecule has 0 spiro atoms. The maximum atomic E-state index is 12.2. The van der Waals surface area contributed by atoms with Crippen LogP contribution in [-0.2, 0) is 0 Å². The Balaban J connectivity index is 1.68. The summed E-state index contributed by atoms with van der Waals surface area (Å²) in [4.78, 5) is 16.3. The molecule has 4 nitrogen and oxygen atoms in total. The summed E-state index contributed by atoms with van der Waals surface area (Å²) >= 11 is 0. The number of carbonyl (C=O) groups excluding carboxylic acids is 1. The lowest BCUT2D eigenvalue weighted by Crippen LogP contribution is -2.38. The molecule has 0 bridgehead atoms. The van der Waals surface area contributed by atoms with Crippen molar-refractivity contribution in [1.29, 1.82) is 0 Å². The van der Waals surface area contributed by atoms with Gasteiger partial charge in [0.15, 0.2) is 0 Å². The van der Waals surface area contributed by atoms with Gasteiger partial charge in [0.25, 0.3) is 0 Å². The molecular weight excluding hydrogens is 262 g/mol.